The van der Waals surface area contributed by atoms with E-state index >= 15 is 0 Å². The Bertz CT molecular complexity index is 170. The summed E-state index contributed by atoms with van der Waals surface area (Å²) in [5.74, 6) is -1.81. The lowest BCUT2D eigenvalue weighted by atomic mass is 10.4. The van der Waals surface area contributed by atoms with Crippen LogP contribution in [0.25, 0.3) is 0 Å². The third kappa shape index (κ3) is 67.4. The first-order valence-corrected chi connectivity index (χ1v) is 3.76. The molecule has 0 heterocycles. The summed E-state index contributed by atoms with van der Waals surface area (Å²) in [6.45, 7) is 3.31. The molecule has 0 bridgehead atoms. The smallest absolute Gasteiger partial charge is 0.327 e. The van der Waals surface area contributed by atoms with E-state index in [9.17, 15) is 4.79 Å². The second-order valence-electron chi connectivity index (χ2n) is 2.08. The molecule has 0 saturated carbocycles. The van der Waals surface area contributed by atoms with Crippen molar-refractivity contribution in [2.24, 2.45) is 0 Å². The van der Waals surface area contributed by atoms with Crippen LogP contribution in [0.5, 0.6) is 0 Å². The molecule has 0 fully saturated rings. The molecule has 0 aliphatic rings. The number of aliphatic carboxylic acids is 2. The van der Waals surface area contributed by atoms with Gasteiger partial charge < -0.3 is 25.5 Å². The van der Waals surface area contributed by atoms with Gasteiger partial charge >= 0.3 is 5.97 Å². The monoisotopic (exact) mass is 224 g/mol. The molecule has 7 heteroatoms. The van der Waals surface area contributed by atoms with Crippen LogP contribution in [0.15, 0.2) is 12.7 Å². The maximum absolute atomic E-state index is 9.25. The molecule has 0 unspecified atom stereocenters. The normalized spacial score (nSPS) is 7.80. The number of carbonyl (C=O) groups is 2. The molecule has 0 rings (SSSR count). The largest absolute Gasteiger partial charge is 0.481 e. The van der Waals surface area contributed by atoms with Crippen LogP contribution >= 0.6 is 0 Å². The standard InChI is InChI=1S/C3H8O3.C3H4O2.C2H4O2/c4-1-3(6)2-5;1-2-3(4)5;1-2(3)4/h3-6H,1-2H2;2H,1H2,(H,4,5);1H3,(H,3,4). The molecule has 0 aromatic carbocycles. The maximum Gasteiger partial charge on any atom is 0.327 e. The fourth-order valence-electron chi connectivity index (χ4n) is 0.0577. The zero-order chi connectivity index (χ0) is 12.9. The predicted molar refractivity (Wildman–Crippen MR) is 51.3 cm³/mol. The van der Waals surface area contributed by atoms with Crippen molar-refractivity contribution in [3.63, 3.8) is 0 Å². The summed E-state index contributed by atoms with van der Waals surface area (Å²) in [6.07, 6.45) is -0.120. The minimum absolute atomic E-state index is 0.365. The average molecular weight is 224 g/mol. The van der Waals surface area contributed by atoms with Gasteiger partial charge in [-0.15, -0.1) is 0 Å². The van der Waals surface area contributed by atoms with Gasteiger partial charge in [-0.2, -0.15) is 0 Å². The fraction of sp³-hybridized carbons (Fsp3) is 0.500. The van der Waals surface area contributed by atoms with Crippen LogP contribution in [0, 0.1) is 0 Å². The summed E-state index contributed by atoms with van der Waals surface area (Å²) in [6, 6.07) is 0. The van der Waals surface area contributed by atoms with Crippen LogP contribution in [-0.4, -0.2) is 56.8 Å². The van der Waals surface area contributed by atoms with Gasteiger partial charge in [-0.3, -0.25) is 4.79 Å². The Hall–Kier alpha value is -1.44. The predicted octanol–water partition coefficient (Wildman–Crippen LogP) is -1.32. The Labute approximate surface area is 86.9 Å². The summed E-state index contributed by atoms with van der Waals surface area (Å²) in [4.78, 5) is 18.2. The average Bonchev–Trinajstić information content (AvgIpc) is 2.16. The first-order chi connectivity index (χ1) is 6.81. The van der Waals surface area contributed by atoms with Gasteiger partial charge in [0.2, 0.25) is 0 Å². The van der Waals surface area contributed by atoms with Gasteiger partial charge in [-0.1, -0.05) is 6.58 Å². The third-order valence-electron chi connectivity index (χ3n) is 0.596. The molecule has 0 aromatic rings. The van der Waals surface area contributed by atoms with Gasteiger partial charge in [0.15, 0.2) is 0 Å². The van der Waals surface area contributed by atoms with Crippen molar-refractivity contribution in [1.29, 1.82) is 0 Å². The summed E-state index contributed by atoms with van der Waals surface area (Å²) in [7, 11) is 0. The van der Waals surface area contributed by atoms with E-state index in [0.29, 0.717) is 0 Å². The van der Waals surface area contributed by atoms with Crippen molar-refractivity contribution >= 4 is 11.9 Å². The lowest BCUT2D eigenvalue weighted by Gasteiger charge is -1.96. The highest BCUT2D eigenvalue weighted by molar-refractivity contribution is 5.78. The third-order valence-corrected chi connectivity index (χ3v) is 0.596. The molecule has 0 aromatic heterocycles. The summed E-state index contributed by atoms with van der Waals surface area (Å²) in [5, 5.41) is 39.0. The Morgan fingerprint density at radius 2 is 1.47 bits per heavy atom. The van der Waals surface area contributed by atoms with Crippen molar-refractivity contribution in [2.75, 3.05) is 13.2 Å². The number of aliphatic hydroxyl groups excluding tert-OH is 3. The maximum atomic E-state index is 9.25. The van der Waals surface area contributed by atoms with Crippen molar-refractivity contribution in [3.8, 4) is 0 Å². The molecule has 0 aliphatic heterocycles. The molecule has 0 atom stereocenters. The van der Waals surface area contributed by atoms with Crippen molar-refractivity contribution in [1.82, 2.24) is 0 Å². The minimum Gasteiger partial charge on any atom is -0.481 e. The zero-order valence-electron chi connectivity index (χ0n) is 8.33. The minimum atomic E-state index is -0.981. The van der Waals surface area contributed by atoms with E-state index in [4.69, 9.17) is 30.3 Å². The van der Waals surface area contributed by atoms with Crippen LogP contribution in [0.4, 0.5) is 0 Å². The summed E-state index contributed by atoms with van der Waals surface area (Å²) in [5.41, 5.74) is 0. The van der Waals surface area contributed by atoms with Gasteiger partial charge in [0.1, 0.15) is 6.10 Å². The van der Waals surface area contributed by atoms with Crippen LogP contribution in [0.1, 0.15) is 6.92 Å². The van der Waals surface area contributed by atoms with Crippen molar-refractivity contribution in [3.05, 3.63) is 12.7 Å². The van der Waals surface area contributed by atoms with Crippen LogP contribution in [0.2, 0.25) is 0 Å². The highest BCUT2D eigenvalue weighted by Gasteiger charge is 1.93. The lowest BCUT2D eigenvalue weighted by Crippen LogP contribution is -2.15. The van der Waals surface area contributed by atoms with Crippen LogP contribution in [0.3, 0.4) is 0 Å². The number of carboxylic acids is 2. The molecule has 0 amide bonds. The Balaban J connectivity index is -0.000000147. The first-order valence-electron chi connectivity index (χ1n) is 3.76. The molecule has 0 aliphatic carbocycles. The van der Waals surface area contributed by atoms with E-state index in [1.165, 1.54) is 0 Å². The fourth-order valence-corrected chi connectivity index (χ4v) is 0.0577. The molecule has 0 spiro atoms. The molecular formula is C8H16O7. The number of rotatable bonds is 3. The first kappa shape index (κ1) is 19.2. The summed E-state index contributed by atoms with van der Waals surface area (Å²) < 4.78 is 0. The molecule has 15 heavy (non-hydrogen) atoms. The molecule has 0 saturated heterocycles. The highest BCUT2D eigenvalue weighted by Crippen LogP contribution is 1.71. The van der Waals surface area contributed by atoms with Gasteiger partial charge in [0.05, 0.1) is 13.2 Å². The lowest BCUT2D eigenvalue weighted by molar-refractivity contribution is -0.134. The highest BCUT2D eigenvalue weighted by atomic mass is 16.4. The van der Waals surface area contributed by atoms with Gasteiger partial charge in [0.25, 0.3) is 5.97 Å². The van der Waals surface area contributed by atoms with E-state index in [2.05, 4.69) is 6.58 Å². The quantitative estimate of drug-likeness (QED) is 0.375. The number of carboxylic acid groups (broad SMARTS) is 2. The Kier molecular flexibility index (Phi) is 19.2. The van der Waals surface area contributed by atoms with Gasteiger partial charge in [0, 0.05) is 13.0 Å². The Morgan fingerprint density at radius 3 is 1.47 bits per heavy atom. The number of aliphatic hydroxyl groups is 3. The van der Waals surface area contributed by atoms with Gasteiger partial charge in [-0.25, -0.2) is 4.79 Å². The number of hydrogen-bond acceptors (Lipinski definition) is 5. The van der Waals surface area contributed by atoms with Crippen molar-refractivity contribution < 1.29 is 35.1 Å². The van der Waals surface area contributed by atoms with E-state index in [1.54, 1.807) is 0 Å². The van der Waals surface area contributed by atoms with E-state index < -0.39 is 18.0 Å². The van der Waals surface area contributed by atoms with E-state index in [-0.39, 0.29) is 13.2 Å². The molecule has 7 nitrogen and oxygen atoms in total. The van der Waals surface area contributed by atoms with Crippen molar-refractivity contribution in [2.45, 2.75) is 13.0 Å². The zero-order valence-corrected chi connectivity index (χ0v) is 8.33. The molecular weight excluding hydrogens is 208 g/mol. The van der Waals surface area contributed by atoms with Gasteiger partial charge in [-0.05, 0) is 0 Å². The van der Waals surface area contributed by atoms with Crippen LogP contribution in [-0.2, 0) is 9.59 Å². The molecule has 5 N–H and O–H groups in total. The molecule has 0 radical (unpaired) electrons. The molecule has 90 valence electrons. The second kappa shape index (κ2) is 15.1. The summed E-state index contributed by atoms with van der Waals surface area (Å²) >= 11 is 0. The number of hydrogen-bond donors (Lipinski definition) is 5. The SMILES string of the molecule is C=CC(=O)O.CC(=O)O.OCC(O)CO. The topological polar surface area (TPSA) is 135 Å². The second-order valence-corrected chi connectivity index (χ2v) is 2.08. The Morgan fingerprint density at radius 1 is 1.27 bits per heavy atom. The van der Waals surface area contributed by atoms with Crippen LogP contribution < -0.4 is 0 Å². The van der Waals surface area contributed by atoms with E-state index in [0.717, 1.165) is 13.0 Å². The van der Waals surface area contributed by atoms with E-state index in [1.807, 2.05) is 0 Å².